The molecule has 0 saturated heterocycles. The summed E-state index contributed by atoms with van der Waals surface area (Å²) in [6.07, 6.45) is 3.41. The third kappa shape index (κ3) is 2.72. The van der Waals surface area contributed by atoms with E-state index >= 15 is 0 Å². The summed E-state index contributed by atoms with van der Waals surface area (Å²) in [5.41, 5.74) is 25.7. The van der Waals surface area contributed by atoms with Crippen molar-refractivity contribution in [2.24, 2.45) is 0 Å². The molecule has 9 heteroatoms. The van der Waals surface area contributed by atoms with Gasteiger partial charge in [-0.3, -0.25) is 0 Å². The van der Waals surface area contributed by atoms with Crippen LogP contribution in [0, 0.1) is 20.8 Å². The summed E-state index contributed by atoms with van der Waals surface area (Å²) in [5, 5.41) is 3.01. The number of pyridine rings is 3. The number of nitrogens with one attached hydrogen (secondary N) is 1. The molecule has 0 atom stereocenters. The molecule has 6 rings (SSSR count). The Bertz CT molecular complexity index is 1740. The number of nitrogens with two attached hydrogens (primary N) is 3. The molecule has 0 aliphatic rings. The van der Waals surface area contributed by atoms with E-state index in [4.69, 9.17) is 26.6 Å². The van der Waals surface area contributed by atoms with Gasteiger partial charge in [0.15, 0.2) is 11.4 Å². The number of anilines is 3. The second-order valence-corrected chi connectivity index (χ2v) is 9.28. The molecule has 0 unspecified atom stereocenters. The molecular weight excluding hydrogens is 434 g/mol. The topological polar surface area (TPSA) is 146 Å². The van der Waals surface area contributed by atoms with Crippen molar-refractivity contribution >= 4 is 60.7 Å². The molecule has 0 bridgehead atoms. The number of fused-ring (bicyclic) bond motifs is 3. The molecule has 0 aromatic carbocycles. The van der Waals surface area contributed by atoms with Crippen LogP contribution in [-0.4, -0.2) is 19.9 Å². The van der Waals surface area contributed by atoms with E-state index in [0.717, 1.165) is 65.0 Å². The van der Waals surface area contributed by atoms with Crippen LogP contribution in [-0.2, 0) is 0 Å². The van der Waals surface area contributed by atoms with Crippen molar-refractivity contribution in [3.05, 3.63) is 47.3 Å². The van der Waals surface area contributed by atoms with Crippen molar-refractivity contribution in [2.45, 2.75) is 20.8 Å². The van der Waals surface area contributed by atoms with Crippen LogP contribution in [0.4, 0.5) is 17.5 Å². The van der Waals surface area contributed by atoms with E-state index in [9.17, 15) is 0 Å². The Balaban J connectivity index is 1.57. The fourth-order valence-electron chi connectivity index (χ4n) is 4.44. The smallest absolute Gasteiger partial charge is 0.176 e. The molecule has 8 nitrogen and oxygen atoms in total. The maximum absolute atomic E-state index is 6.45. The lowest BCUT2D eigenvalue weighted by Crippen LogP contribution is -1.94. The van der Waals surface area contributed by atoms with Gasteiger partial charge in [-0.25, -0.2) is 15.0 Å². The molecule has 164 valence electrons. The number of hydrogen-bond acceptors (Lipinski definition) is 8. The van der Waals surface area contributed by atoms with Crippen LogP contribution in [0.25, 0.3) is 53.9 Å². The predicted molar refractivity (Wildman–Crippen MR) is 135 cm³/mol. The third-order valence-corrected chi connectivity index (χ3v) is 7.58. The van der Waals surface area contributed by atoms with Crippen molar-refractivity contribution in [2.75, 3.05) is 17.2 Å². The molecule has 0 aliphatic carbocycles. The van der Waals surface area contributed by atoms with E-state index in [2.05, 4.69) is 27.9 Å². The summed E-state index contributed by atoms with van der Waals surface area (Å²) in [6.45, 7) is 6.10. The molecule has 0 fully saturated rings. The fraction of sp³-hybridized carbons (Fsp3) is 0.125. The van der Waals surface area contributed by atoms with Gasteiger partial charge in [-0.2, -0.15) is 0 Å². The van der Waals surface area contributed by atoms with Crippen LogP contribution >= 0.6 is 11.3 Å². The average molecular weight is 456 g/mol. The Kier molecular flexibility index (Phi) is 3.97. The average Bonchev–Trinajstić information content (AvgIpc) is 3.44. The van der Waals surface area contributed by atoms with Gasteiger partial charge in [0.05, 0.1) is 38.4 Å². The zero-order valence-electron chi connectivity index (χ0n) is 18.3. The monoisotopic (exact) mass is 455 g/mol. The van der Waals surface area contributed by atoms with Gasteiger partial charge < -0.3 is 26.6 Å². The molecule has 6 aromatic rings. The number of nitrogen functional groups attached to an aromatic ring is 3. The molecule has 0 radical (unpaired) electrons. The maximum atomic E-state index is 6.45. The quantitative estimate of drug-likeness (QED) is 0.276. The number of hydrogen-bond donors (Lipinski definition) is 4. The highest BCUT2D eigenvalue weighted by Crippen LogP contribution is 2.43. The number of nitrogens with zero attached hydrogens (tertiary/aromatic N) is 3. The van der Waals surface area contributed by atoms with Gasteiger partial charge in [0.2, 0.25) is 0 Å². The summed E-state index contributed by atoms with van der Waals surface area (Å²) in [5.74, 6) is 1.30. The second-order valence-electron chi connectivity index (χ2n) is 8.26. The molecule has 33 heavy (non-hydrogen) atoms. The summed E-state index contributed by atoms with van der Waals surface area (Å²) in [4.78, 5) is 17.9. The van der Waals surface area contributed by atoms with Crippen LogP contribution in [0.1, 0.15) is 16.7 Å². The molecule has 0 amide bonds. The standard InChI is InChI=1S/C24H21N7OS/c1-9-8-32-19-13(9)6-16(30-23(19)26)20-11(3)14-7-15(29-24(27)21(14)33-20)17-10(2)12-4-5-28-22(25)18(12)31-17/h4-8,31H,1-3H3,(H2,25,28)(H2,26,30)(H2,27,29). The fourth-order valence-corrected chi connectivity index (χ4v) is 5.59. The van der Waals surface area contributed by atoms with Crippen LogP contribution < -0.4 is 17.2 Å². The summed E-state index contributed by atoms with van der Waals surface area (Å²) in [7, 11) is 0. The van der Waals surface area contributed by atoms with E-state index < -0.39 is 0 Å². The normalized spacial score (nSPS) is 11.8. The predicted octanol–water partition coefficient (Wildman–Crippen LogP) is 5.32. The van der Waals surface area contributed by atoms with Gasteiger partial charge in [0, 0.05) is 22.4 Å². The highest BCUT2D eigenvalue weighted by molar-refractivity contribution is 7.23. The number of rotatable bonds is 2. The summed E-state index contributed by atoms with van der Waals surface area (Å²) >= 11 is 1.57. The number of thiophene rings is 1. The molecule has 7 N–H and O–H groups in total. The number of aryl methyl sites for hydroxylation is 3. The number of aromatic amines is 1. The van der Waals surface area contributed by atoms with Gasteiger partial charge in [-0.15, -0.1) is 11.3 Å². The molecule has 0 aliphatic heterocycles. The van der Waals surface area contributed by atoms with Crippen molar-refractivity contribution in [1.82, 2.24) is 19.9 Å². The summed E-state index contributed by atoms with van der Waals surface area (Å²) in [6, 6.07) is 6.03. The van der Waals surface area contributed by atoms with Gasteiger partial charge >= 0.3 is 0 Å². The van der Waals surface area contributed by atoms with Crippen molar-refractivity contribution in [3.8, 4) is 22.0 Å². The maximum Gasteiger partial charge on any atom is 0.176 e. The first kappa shape index (κ1) is 19.6. The number of aromatic nitrogens is 4. The first-order chi connectivity index (χ1) is 15.8. The summed E-state index contributed by atoms with van der Waals surface area (Å²) < 4.78 is 6.48. The largest absolute Gasteiger partial charge is 0.460 e. The lowest BCUT2D eigenvalue weighted by molar-refractivity contribution is 0.613. The minimum absolute atomic E-state index is 0.374. The number of H-pyrrole nitrogens is 1. The van der Waals surface area contributed by atoms with Gasteiger partial charge in [-0.1, -0.05) is 0 Å². The minimum Gasteiger partial charge on any atom is -0.460 e. The van der Waals surface area contributed by atoms with Crippen LogP contribution in [0.15, 0.2) is 35.1 Å². The van der Waals surface area contributed by atoms with Gasteiger partial charge in [-0.05, 0) is 55.7 Å². The zero-order chi connectivity index (χ0) is 23.0. The molecule has 6 aromatic heterocycles. The van der Waals surface area contributed by atoms with E-state index in [1.807, 2.05) is 26.0 Å². The highest BCUT2D eigenvalue weighted by atomic mass is 32.1. The minimum atomic E-state index is 0.374. The Labute approximate surface area is 192 Å². The van der Waals surface area contributed by atoms with E-state index in [1.165, 1.54) is 0 Å². The first-order valence-electron chi connectivity index (χ1n) is 10.4. The van der Waals surface area contributed by atoms with Crippen LogP contribution in [0.3, 0.4) is 0 Å². The molecule has 0 spiro atoms. The van der Waals surface area contributed by atoms with E-state index in [0.29, 0.717) is 23.0 Å². The Morgan fingerprint density at radius 1 is 0.879 bits per heavy atom. The van der Waals surface area contributed by atoms with Crippen molar-refractivity contribution in [1.29, 1.82) is 0 Å². The van der Waals surface area contributed by atoms with E-state index in [1.54, 1.807) is 23.8 Å². The van der Waals surface area contributed by atoms with E-state index in [-0.39, 0.29) is 0 Å². The van der Waals surface area contributed by atoms with Crippen molar-refractivity contribution < 1.29 is 4.42 Å². The molecule has 6 heterocycles. The van der Waals surface area contributed by atoms with Crippen molar-refractivity contribution in [3.63, 3.8) is 0 Å². The lowest BCUT2D eigenvalue weighted by Gasteiger charge is -2.04. The molecular formula is C24H21N7OS. The second kappa shape index (κ2) is 6.69. The lowest BCUT2D eigenvalue weighted by atomic mass is 10.1. The highest BCUT2D eigenvalue weighted by Gasteiger charge is 2.20. The first-order valence-corrected chi connectivity index (χ1v) is 11.2. The van der Waals surface area contributed by atoms with Crippen LogP contribution in [0.5, 0.6) is 0 Å². The Morgan fingerprint density at radius 2 is 1.64 bits per heavy atom. The number of furan rings is 1. The van der Waals surface area contributed by atoms with Gasteiger partial charge in [0.25, 0.3) is 0 Å². The van der Waals surface area contributed by atoms with Gasteiger partial charge in [0.1, 0.15) is 11.6 Å². The molecule has 0 saturated carbocycles. The zero-order valence-corrected chi connectivity index (χ0v) is 19.1. The SMILES string of the molecule is Cc1c(-c2cc3c(C)c(-c4cc5c(C)coc5c(N)n4)sc3c(N)n2)[nH]c2c(N)nccc12. The Morgan fingerprint density at radius 3 is 2.42 bits per heavy atom. The Hall–Kier alpha value is -4.11. The third-order valence-electron chi connectivity index (χ3n) is 6.22. The van der Waals surface area contributed by atoms with Crippen LogP contribution in [0.2, 0.25) is 0 Å².